The van der Waals surface area contributed by atoms with Gasteiger partial charge in [-0.3, -0.25) is 9.59 Å². The number of methoxy groups -OCH3 is 1. The molecule has 0 aromatic heterocycles. The summed E-state index contributed by atoms with van der Waals surface area (Å²) in [6.07, 6.45) is -1.90. The molecule has 260 valence electrons. The number of likely N-dealkylation sites (N-methyl/N-ethyl adjacent to an activating group) is 1. The molecule has 48 heavy (non-hydrogen) atoms. The molecule has 0 unspecified atom stereocenters. The van der Waals surface area contributed by atoms with Gasteiger partial charge in [0.1, 0.15) is 11.8 Å². The molecule has 3 heterocycles. The van der Waals surface area contributed by atoms with E-state index in [0.717, 1.165) is 11.1 Å². The van der Waals surface area contributed by atoms with Gasteiger partial charge in [0.15, 0.2) is 29.8 Å². The Labute approximate surface area is 276 Å². The Bertz CT molecular complexity index is 1590. The first-order chi connectivity index (χ1) is 22.6. The van der Waals surface area contributed by atoms with Crippen molar-refractivity contribution in [3.05, 3.63) is 35.1 Å². The van der Waals surface area contributed by atoms with Crippen LogP contribution >= 0.6 is 0 Å². The molecule has 2 aliphatic carbocycles. The zero-order valence-electron chi connectivity index (χ0n) is 27.4. The quantitative estimate of drug-likeness (QED) is 0.221. The summed E-state index contributed by atoms with van der Waals surface area (Å²) >= 11 is 0. The van der Waals surface area contributed by atoms with E-state index in [1.807, 2.05) is 19.2 Å². The molecule has 1 amide bonds. The minimum absolute atomic E-state index is 0.170. The van der Waals surface area contributed by atoms with Gasteiger partial charge in [-0.2, -0.15) is 0 Å². The number of piperidine rings is 1. The minimum atomic E-state index is -1.47. The van der Waals surface area contributed by atoms with Crippen molar-refractivity contribution in [3.8, 4) is 11.5 Å². The van der Waals surface area contributed by atoms with Crippen LogP contribution in [0, 0.1) is 0 Å². The fourth-order valence-corrected chi connectivity index (χ4v) is 7.88. The number of carbonyl (C=O) groups is 5. The van der Waals surface area contributed by atoms with Crippen LogP contribution in [0.25, 0.3) is 0 Å². The van der Waals surface area contributed by atoms with Crippen molar-refractivity contribution in [2.24, 2.45) is 0 Å². The van der Waals surface area contributed by atoms with Gasteiger partial charge >= 0.3 is 23.9 Å². The second-order valence-corrected chi connectivity index (χ2v) is 13.5. The van der Waals surface area contributed by atoms with Crippen LogP contribution in [0.4, 0.5) is 0 Å². The number of likely N-dealkylation sites (tertiary alicyclic amines) is 1. The van der Waals surface area contributed by atoms with Crippen molar-refractivity contribution < 1.29 is 62.6 Å². The third kappa shape index (κ3) is 5.47. The number of amides is 1. The van der Waals surface area contributed by atoms with E-state index >= 15 is 0 Å². The molecule has 3 N–H and O–H groups in total. The molecule has 3 aliphatic heterocycles. The maximum absolute atomic E-state index is 13.4. The number of cyclic esters (lactones) is 1. The smallest absolute Gasteiger partial charge is 0.352 e. The molecule has 2 fully saturated rings. The summed E-state index contributed by atoms with van der Waals surface area (Å²) in [6, 6.07) is 2.16. The number of esters is 3. The Morgan fingerprint density at radius 3 is 2.60 bits per heavy atom. The standard InChI is InChI=1S/C33H40N2O13/c1-16(44-29(40)18(7-9-24(37)38)34-23(36)15-21-30(41)48-31(2,3)47-21)28(39)45-20-10-11-33(42)22-14-17-6-8-19(43-5)26-25(17)32(33,27(20)46-26)12-13-35(22)4/h6,8,10,16,18,21-22,27,42H,7,9,11-15H2,1-5H3,(H,34,36)(H,37,38)/t16-,18-,21-,22+,27-,32-,33+/m0/s1. The Morgan fingerprint density at radius 2 is 1.94 bits per heavy atom. The number of benzene rings is 1. The summed E-state index contributed by atoms with van der Waals surface area (Å²) in [4.78, 5) is 64.7. The van der Waals surface area contributed by atoms with Gasteiger partial charge in [-0.15, -0.1) is 0 Å². The first-order valence-electron chi connectivity index (χ1n) is 15.9. The van der Waals surface area contributed by atoms with Crippen molar-refractivity contribution in [1.82, 2.24) is 10.2 Å². The summed E-state index contributed by atoms with van der Waals surface area (Å²) in [6.45, 7) is 4.97. The first kappa shape index (κ1) is 33.7. The van der Waals surface area contributed by atoms with Crippen molar-refractivity contribution in [3.63, 3.8) is 0 Å². The lowest BCUT2D eigenvalue weighted by Crippen LogP contribution is -2.74. The van der Waals surface area contributed by atoms with Crippen LogP contribution < -0.4 is 14.8 Å². The van der Waals surface area contributed by atoms with Gasteiger partial charge in [-0.25, -0.2) is 14.4 Å². The van der Waals surface area contributed by atoms with E-state index in [0.29, 0.717) is 30.9 Å². The van der Waals surface area contributed by atoms with Gasteiger partial charge in [-0.1, -0.05) is 6.07 Å². The normalized spacial score (nSPS) is 30.5. The van der Waals surface area contributed by atoms with Gasteiger partial charge in [0.2, 0.25) is 11.7 Å². The van der Waals surface area contributed by atoms with Crippen LogP contribution in [-0.2, 0) is 54.8 Å². The highest BCUT2D eigenvalue weighted by Crippen LogP contribution is 2.65. The maximum atomic E-state index is 13.4. The van der Waals surface area contributed by atoms with Gasteiger partial charge in [0.05, 0.1) is 24.5 Å². The van der Waals surface area contributed by atoms with Gasteiger partial charge in [0.25, 0.3) is 0 Å². The summed E-state index contributed by atoms with van der Waals surface area (Å²) in [5, 5.41) is 23.9. The number of nitrogens with one attached hydrogen (secondary N) is 1. The van der Waals surface area contributed by atoms with Crippen molar-refractivity contribution in [2.45, 2.75) is 106 Å². The minimum Gasteiger partial charge on any atom is -0.493 e. The third-order valence-corrected chi connectivity index (χ3v) is 10.1. The predicted molar refractivity (Wildman–Crippen MR) is 162 cm³/mol. The van der Waals surface area contributed by atoms with Gasteiger partial charge in [0, 0.05) is 38.3 Å². The maximum Gasteiger partial charge on any atom is 0.352 e. The summed E-state index contributed by atoms with van der Waals surface area (Å²) in [5.74, 6) is -4.81. The summed E-state index contributed by atoms with van der Waals surface area (Å²) < 4.78 is 33.7. The second kappa shape index (κ2) is 12.0. The molecule has 15 heteroatoms. The third-order valence-electron chi connectivity index (χ3n) is 10.1. The Hall–Kier alpha value is -4.21. The second-order valence-electron chi connectivity index (χ2n) is 13.5. The number of carboxylic acids is 1. The number of hydrogen-bond acceptors (Lipinski definition) is 13. The Kier molecular flexibility index (Phi) is 8.45. The zero-order chi connectivity index (χ0) is 34.8. The molecule has 5 aliphatic rings. The van der Waals surface area contributed by atoms with E-state index in [1.54, 1.807) is 6.08 Å². The van der Waals surface area contributed by atoms with E-state index in [2.05, 4.69) is 10.2 Å². The van der Waals surface area contributed by atoms with Crippen molar-refractivity contribution >= 4 is 29.8 Å². The number of carboxylic acid groups (broad SMARTS) is 1. The fourth-order valence-electron chi connectivity index (χ4n) is 7.88. The van der Waals surface area contributed by atoms with Crippen molar-refractivity contribution in [1.29, 1.82) is 0 Å². The number of aliphatic carboxylic acids is 1. The van der Waals surface area contributed by atoms with Crippen LogP contribution in [-0.4, -0.2) is 107 Å². The highest BCUT2D eigenvalue weighted by molar-refractivity contribution is 5.89. The lowest BCUT2D eigenvalue weighted by Gasteiger charge is -2.61. The zero-order valence-corrected chi connectivity index (χ0v) is 27.4. The molecule has 0 saturated carbocycles. The predicted octanol–water partition coefficient (Wildman–Crippen LogP) is 0.866. The van der Waals surface area contributed by atoms with Crippen LogP contribution in [0.3, 0.4) is 0 Å². The monoisotopic (exact) mass is 672 g/mol. The number of aliphatic hydroxyl groups is 1. The van der Waals surface area contributed by atoms with Crippen LogP contribution in [0.15, 0.2) is 24.0 Å². The highest BCUT2D eigenvalue weighted by Gasteiger charge is 2.72. The molecular formula is C33H40N2O13. The lowest BCUT2D eigenvalue weighted by atomic mass is 9.50. The molecule has 6 rings (SSSR count). The molecular weight excluding hydrogens is 632 g/mol. The molecule has 7 atom stereocenters. The number of nitrogens with zero attached hydrogens (tertiary/aromatic N) is 1. The van der Waals surface area contributed by atoms with E-state index in [-0.39, 0.29) is 24.6 Å². The van der Waals surface area contributed by atoms with E-state index < -0.39 is 83.8 Å². The van der Waals surface area contributed by atoms with Gasteiger partial charge < -0.3 is 48.9 Å². The fraction of sp³-hybridized carbons (Fsp3) is 0.606. The average Bonchev–Trinajstić information content (AvgIpc) is 3.50. The number of hydrogen-bond donors (Lipinski definition) is 3. The molecule has 1 aromatic carbocycles. The van der Waals surface area contributed by atoms with Crippen LogP contribution in [0.1, 0.15) is 64.0 Å². The molecule has 1 spiro atoms. The topological polar surface area (TPSA) is 196 Å². The Balaban J connectivity index is 1.17. The molecule has 0 radical (unpaired) electrons. The van der Waals surface area contributed by atoms with E-state index in [9.17, 15) is 34.2 Å². The SMILES string of the molecule is COc1ccc2c3c1O[C@H]1C(OC(=O)[C@H](C)OC(=O)[C@H](CCC(=O)O)NC(=O)C[C@@H]4OC(C)(C)OC4=O)=CC[C@@]4(O)[C@@H](C2)N(C)CC[C@]314. The molecule has 15 nitrogen and oxygen atoms in total. The first-order valence-corrected chi connectivity index (χ1v) is 15.9. The van der Waals surface area contributed by atoms with Crippen LogP contribution in [0.5, 0.6) is 11.5 Å². The lowest BCUT2D eigenvalue weighted by molar-refractivity contribution is -0.176. The average molecular weight is 673 g/mol. The largest absolute Gasteiger partial charge is 0.493 e. The van der Waals surface area contributed by atoms with E-state index in [1.165, 1.54) is 27.9 Å². The molecule has 1 aromatic rings. The highest BCUT2D eigenvalue weighted by atomic mass is 16.8. The number of ether oxygens (including phenoxy) is 6. The number of carbonyl (C=O) groups excluding carboxylic acids is 4. The number of rotatable bonds is 11. The van der Waals surface area contributed by atoms with Gasteiger partial charge in [-0.05, 0) is 57.5 Å². The van der Waals surface area contributed by atoms with E-state index in [4.69, 9.17) is 28.4 Å². The summed E-state index contributed by atoms with van der Waals surface area (Å²) in [5.41, 5.74) is -0.242. The molecule has 2 bridgehead atoms. The Morgan fingerprint density at radius 1 is 1.19 bits per heavy atom. The van der Waals surface area contributed by atoms with Crippen LogP contribution in [0.2, 0.25) is 0 Å². The van der Waals surface area contributed by atoms with Crippen molar-refractivity contribution in [2.75, 3.05) is 20.7 Å². The summed E-state index contributed by atoms with van der Waals surface area (Å²) in [7, 11) is 3.51. The molecule has 2 saturated heterocycles.